The van der Waals surface area contributed by atoms with Crippen LogP contribution in [0.1, 0.15) is 15.4 Å². The molecule has 134 valence electrons. The molecule has 1 N–H and O–H groups in total. The molecule has 0 bridgehead atoms. The number of ether oxygens (including phenoxy) is 1. The Morgan fingerprint density at radius 3 is 2.77 bits per heavy atom. The third-order valence-electron chi connectivity index (χ3n) is 4.22. The maximum Gasteiger partial charge on any atom is 0.268 e. The summed E-state index contributed by atoms with van der Waals surface area (Å²) in [5, 5.41) is 7.55. The molecule has 1 fully saturated rings. The second kappa shape index (κ2) is 8.09. The third kappa shape index (κ3) is 4.02. The minimum absolute atomic E-state index is 0.105. The van der Waals surface area contributed by atoms with Crippen molar-refractivity contribution >= 4 is 33.7 Å². The van der Waals surface area contributed by atoms with Gasteiger partial charge in [0.1, 0.15) is 4.88 Å². The quantitative estimate of drug-likeness (QED) is 0.722. The predicted octanol–water partition coefficient (Wildman–Crippen LogP) is 3.96. The molecule has 26 heavy (non-hydrogen) atoms. The number of thiazole rings is 1. The van der Waals surface area contributed by atoms with Crippen molar-refractivity contribution in [2.45, 2.75) is 6.54 Å². The summed E-state index contributed by atoms with van der Waals surface area (Å²) in [6.45, 7) is 4.19. The second-order valence-electron chi connectivity index (χ2n) is 6.02. The fourth-order valence-corrected chi connectivity index (χ4v) is 4.42. The summed E-state index contributed by atoms with van der Waals surface area (Å²) < 4.78 is 5.37. The Labute approximate surface area is 160 Å². The number of nitrogens with one attached hydrogen (secondary N) is 1. The van der Waals surface area contributed by atoms with Gasteiger partial charge in [0.25, 0.3) is 5.91 Å². The summed E-state index contributed by atoms with van der Waals surface area (Å²) in [6, 6.07) is 12.0. The SMILES string of the molecule is O=C(Nc1nc(CN2CCOCC2)cs1)c1sccc1-c1ccccc1. The maximum absolute atomic E-state index is 12.7. The molecule has 0 spiro atoms. The summed E-state index contributed by atoms with van der Waals surface area (Å²) in [5.41, 5.74) is 2.99. The number of morpholine rings is 1. The molecule has 0 radical (unpaired) electrons. The van der Waals surface area contributed by atoms with Gasteiger partial charge in [0.05, 0.1) is 18.9 Å². The van der Waals surface area contributed by atoms with E-state index in [-0.39, 0.29) is 5.91 Å². The van der Waals surface area contributed by atoms with Gasteiger partial charge in [-0.3, -0.25) is 15.0 Å². The van der Waals surface area contributed by atoms with Crippen LogP contribution in [-0.4, -0.2) is 42.1 Å². The molecule has 3 aromatic rings. The summed E-state index contributed by atoms with van der Waals surface area (Å²) in [6.07, 6.45) is 0. The maximum atomic E-state index is 12.7. The monoisotopic (exact) mass is 385 g/mol. The van der Waals surface area contributed by atoms with Crippen molar-refractivity contribution in [1.82, 2.24) is 9.88 Å². The van der Waals surface area contributed by atoms with Crippen LogP contribution >= 0.6 is 22.7 Å². The van der Waals surface area contributed by atoms with Crippen LogP contribution in [-0.2, 0) is 11.3 Å². The number of carbonyl (C=O) groups is 1. The second-order valence-corrected chi connectivity index (χ2v) is 7.79. The Kier molecular flexibility index (Phi) is 5.40. The first-order valence-electron chi connectivity index (χ1n) is 8.48. The normalized spacial score (nSPS) is 15.1. The van der Waals surface area contributed by atoms with Crippen molar-refractivity contribution in [2.24, 2.45) is 0 Å². The molecule has 3 heterocycles. The van der Waals surface area contributed by atoms with E-state index < -0.39 is 0 Å². The Morgan fingerprint density at radius 1 is 1.15 bits per heavy atom. The zero-order chi connectivity index (χ0) is 17.8. The fourth-order valence-electron chi connectivity index (χ4n) is 2.91. The molecule has 1 aliphatic heterocycles. The van der Waals surface area contributed by atoms with Crippen LogP contribution in [0, 0.1) is 0 Å². The number of rotatable bonds is 5. The number of nitrogens with zero attached hydrogens (tertiary/aromatic N) is 2. The molecule has 5 nitrogen and oxygen atoms in total. The third-order valence-corrected chi connectivity index (χ3v) is 5.94. The van der Waals surface area contributed by atoms with Crippen LogP contribution in [0.4, 0.5) is 5.13 Å². The summed E-state index contributed by atoms with van der Waals surface area (Å²) in [5.74, 6) is -0.105. The lowest BCUT2D eigenvalue weighted by Crippen LogP contribution is -2.35. The van der Waals surface area contributed by atoms with E-state index in [0.29, 0.717) is 10.0 Å². The van der Waals surface area contributed by atoms with Crippen LogP contribution in [0.2, 0.25) is 0 Å². The molecule has 0 saturated carbocycles. The molecule has 1 aromatic carbocycles. The molecule has 0 atom stereocenters. The topological polar surface area (TPSA) is 54.5 Å². The minimum atomic E-state index is -0.105. The minimum Gasteiger partial charge on any atom is -0.379 e. The molecule has 4 rings (SSSR count). The van der Waals surface area contributed by atoms with Crippen molar-refractivity contribution < 1.29 is 9.53 Å². The van der Waals surface area contributed by atoms with E-state index in [9.17, 15) is 4.79 Å². The van der Waals surface area contributed by atoms with E-state index in [1.54, 1.807) is 0 Å². The number of carbonyl (C=O) groups excluding carboxylic acids is 1. The summed E-state index contributed by atoms with van der Waals surface area (Å²) in [7, 11) is 0. The van der Waals surface area contributed by atoms with Gasteiger partial charge in [-0.05, 0) is 17.0 Å². The molecule has 0 unspecified atom stereocenters. The summed E-state index contributed by atoms with van der Waals surface area (Å²) in [4.78, 5) is 20.3. The van der Waals surface area contributed by atoms with Crippen LogP contribution in [0.3, 0.4) is 0 Å². The zero-order valence-corrected chi connectivity index (χ0v) is 15.8. The fraction of sp³-hybridized carbons (Fsp3) is 0.263. The molecule has 1 aliphatic rings. The Balaban J connectivity index is 1.44. The van der Waals surface area contributed by atoms with Crippen LogP contribution in [0.25, 0.3) is 11.1 Å². The molecule has 1 saturated heterocycles. The average Bonchev–Trinajstić information content (AvgIpc) is 3.33. The standard InChI is InChI=1S/C19H19N3O2S2/c23-18(17-16(6-11-25-17)14-4-2-1-3-5-14)21-19-20-15(13-26-19)12-22-7-9-24-10-8-22/h1-6,11,13H,7-10,12H2,(H,20,21,23). The highest BCUT2D eigenvalue weighted by atomic mass is 32.1. The molecule has 0 aliphatic carbocycles. The van der Waals surface area contributed by atoms with Gasteiger partial charge in [-0.15, -0.1) is 22.7 Å². The van der Waals surface area contributed by atoms with Gasteiger partial charge in [0, 0.05) is 30.6 Å². The molecular weight excluding hydrogens is 366 g/mol. The van der Waals surface area contributed by atoms with Gasteiger partial charge in [-0.25, -0.2) is 4.98 Å². The summed E-state index contributed by atoms with van der Waals surface area (Å²) >= 11 is 2.92. The van der Waals surface area contributed by atoms with Crippen molar-refractivity contribution in [2.75, 3.05) is 31.6 Å². The Bertz CT molecular complexity index is 870. The van der Waals surface area contributed by atoms with Gasteiger partial charge in [0.15, 0.2) is 5.13 Å². The first kappa shape index (κ1) is 17.4. The average molecular weight is 386 g/mol. The van der Waals surface area contributed by atoms with Gasteiger partial charge < -0.3 is 4.74 Å². The number of hydrogen-bond acceptors (Lipinski definition) is 6. The molecule has 1 amide bonds. The van der Waals surface area contributed by atoms with E-state index in [2.05, 4.69) is 15.2 Å². The highest BCUT2D eigenvalue weighted by Gasteiger charge is 2.17. The smallest absolute Gasteiger partial charge is 0.268 e. The predicted molar refractivity (Wildman–Crippen MR) is 106 cm³/mol. The number of benzene rings is 1. The first-order valence-corrected chi connectivity index (χ1v) is 10.2. The lowest BCUT2D eigenvalue weighted by molar-refractivity contribution is 0.0337. The lowest BCUT2D eigenvalue weighted by Gasteiger charge is -2.25. The zero-order valence-electron chi connectivity index (χ0n) is 14.2. The van der Waals surface area contributed by atoms with Gasteiger partial charge in [-0.1, -0.05) is 30.3 Å². The molecule has 2 aromatic heterocycles. The van der Waals surface area contributed by atoms with E-state index >= 15 is 0 Å². The number of thiophene rings is 1. The number of hydrogen-bond donors (Lipinski definition) is 1. The van der Waals surface area contributed by atoms with Crippen molar-refractivity contribution in [1.29, 1.82) is 0 Å². The lowest BCUT2D eigenvalue weighted by atomic mass is 10.1. The van der Waals surface area contributed by atoms with E-state index in [0.717, 1.165) is 49.7 Å². The van der Waals surface area contributed by atoms with Crippen molar-refractivity contribution in [3.63, 3.8) is 0 Å². The number of aromatic nitrogens is 1. The Hall–Kier alpha value is -2.06. The van der Waals surface area contributed by atoms with Crippen LogP contribution in [0.5, 0.6) is 0 Å². The van der Waals surface area contributed by atoms with Gasteiger partial charge >= 0.3 is 0 Å². The molecular formula is C19H19N3O2S2. The Morgan fingerprint density at radius 2 is 1.96 bits per heavy atom. The number of anilines is 1. The largest absolute Gasteiger partial charge is 0.379 e. The van der Waals surface area contributed by atoms with E-state index in [1.807, 2.05) is 47.2 Å². The van der Waals surface area contributed by atoms with Gasteiger partial charge in [0.2, 0.25) is 0 Å². The van der Waals surface area contributed by atoms with Crippen LogP contribution < -0.4 is 5.32 Å². The number of amides is 1. The highest BCUT2D eigenvalue weighted by molar-refractivity contribution is 7.14. The van der Waals surface area contributed by atoms with Gasteiger partial charge in [-0.2, -0.15) is 0 Å². The van der Waals surface area contributed by atoms with Crippen molar-refractivity contribution in [3.05, 3.63) is 57.7 Å². The highest BCUT2D eigenvalue weighted by Crippen LogP contribution is 2.29. The van der Waals surface area contributed by atoms with E-state index in [4.69, 9.17) is 4.74 Å². The molecule has 7 heteroatoms. The van der Waals surface area contributed by atoms with E-state index in [1.165, 1.54) is 22.7 Å². The van der Waals surface area contributed by atoms with Crippen LogP contribution in [0.15, 0.2) is 47.2 Å². The first-order chi connectivity index (χ1) is 12.8. The van der Waals surface area contributed by atoms with Crippen molar-refractivity contribution in [3.8, 4) is 11.1 Å².